The van der Waals surface area contributed by atoms with E-state index in [1.807, 2.05) is 0 Å². The molecule has 1 heteroatoms. The monoisotopic (exact) mass is 826 g/mol. The SMILES string of the molecule is CC(C)(C)c1ccc2c(c1)[cH-]c1cc(C(C)(C)C)ccc12.[C-]1=C(c2ccccc2)C(c2ccccc2)=CC1c1ccccc1.[Zr+2]=[C](c1ccccc1)c1ccccc1. The van der Waals surface area contributed by atoms with Crippen molar-refractivity contribution in [3.63, 3.8) is 0 Å². The third kappa shape index (κ3) is 9.84. The van der Waals surface area contributed by atoms with Crippen LogP contribution in [0.25, 0.3) is 32.7 Å². The average molecular weight is 828 g/mol. The van der Waals surface area contributed by atoms with Crippen LogP contribution in [0.15, 0.2) is 200 Å². The predicted molar refractivity (Wildman–Crippen MR) is 247 cm³/mol. The van der Waals surface area contributed by atoms with Crippen LogP contribution in [0.1, 0.15) is 86.4 Å². The van der Waals surface area contributed by atoms with Gasteiger partial charge in [0.2, 0.25) is 0 Å². The zero-order chi connectivity index (χ0) is 40.7. The molecular weight excluding hydrogens is 776 g/mol. The van der Waals surface area contributed by atoms with Crippen molar-refractivity contribution >= 4 is 35.9 Å². The first kappa shape index (κ1) is 40.8. The second-order valence-corrected chi connectivity index (χ2v) is 18.3. The van der Waals surface area contributed by atoms with E-state index in [1.165, 1.54) is 99.1 Å². The molecule has 1 aliphatic rings. The summed E-state index contributed by atoms with van der Waals surface area (Å²) in [6.07, 6.45) is 6.02. The maximum atomic E-state index is 3.70. The summed E-state index contributed by atoms with van der Waals surface area (Å²) >= 11 is 1.46. The zero-order valence-corrected chi connectivity index (χ0v) is 37.1. The van der Waals surface area contributed by atoms with Gasteiger partial charge in [-0.2, -0.15) is 11.6 Å². The Morgan fingerprint density at radius 2 is 0.879 bits per heavy atom. The van der Waals surface area contributed by atoms with E-state index < -0.39 is 0 Å². The van der Waals surface area contributed by atoms with Gasteiger partial charge in [-0.3, -0.25) is 0 Å². The molecule has 58 heavy (non-hydrogen) atoms. The van der Waals surface area contributed by atoms with Crippen molar-refractivity contribution in [3.05, 3.63) is 245 Å². The van der Waals surface area contributed by atoms with Crippen molar-refractivity contribution in [1.82, 2.24) is 0 Å². The van der Waals surface area contributed by atoms with E-state index in [-0.39, 0.29) is 16.7 Å². The molecule has 0 N–H and O–H groups in total. The van der Waals surface area contributed by atoms with E-state index in [0.29, 0.717) is 0 Å². The minimum atomic E-state index is 0.203. The third-order valence-electron chi connectivity index (χ3n) is 10.8. The van der Waals surface area contributed by atoms with Crippen molar-refractivity contribution in [3.8, 4) is 0 Å². The fourth-order valence-electron chi connectivity index (χ4n) is 7.40. The molecule has 0 heterocycles. The average Bonchev–Trinajstić information content (AvgIpc) is 3.87. The van der Waals surface area contributed by atoms with Crippen LogP contribution < -0.4 is 0 Å². The van der Waals surface area contributed by atoms with Crippen molar-refractivity contribution < 1.29 is 24.2 Å². The first-order chi connectivity index (χ1) is 28.0. The number of allylic oxidation sites excluding steroid dienone is 4. The fraction of sp³-hybridized carbons (Fsp3) is 0.158. The molecule has 0 aromatic heterocycles. The minimum absolute atomic E-state index is 0.203. The molecule has 284 valence electrons. The van der Waals surface area contributed by atoms with E-state index in [2.05, 4.69) is 248 Å². The molecule has 1 unspecified atom stereocenters. The van der Waals surface area contributed by atoms with Crippen LogP contribution in [0.5, 0.6) is 0 Å². The van der Waals surface area contributed by atoms with Gasteiger partial charge in [0.1, 0.15) is 0 Å². The molecule has 0 radical (unpaired) electrons. The number of rotatable bonds is 5. The topological polar surface area (TPSA) is 0 Å². The molecule has 0 amide bonds. The van der Waals surface area contributed by atoms with Crippen LogP contribution in [0.2, 0.25) is 0 Å². The number of fused-ring (bicyclic) bond motifs is 3. The summed E-state index contributed by atoms with van der Waals surface area (Å²) in [5, 5.41) is 5.48. The molecule has 9 rings (SSSR count). The molecular formula is C57H52Zr. The summed E-state index contributed by atoms with van der Waals surface area (Å²) in [5.41, 5.74) is 12.1. The first-order valence-electron chi connectivity index (χ1n) is 20.3. The molecule has 0 saturated heterocycles. The van der Waals surface area contributed by atoms with Crippen molar-refractivity contribution in [1.29, 1.82) is 0 Å². The predicted octanol–water partition coefficient (Wildman–Crippen LogP) is 14.9. The Morgan fingerprint density at radius 1 is 0.483 bits per heavy atom. The molecule has 1 aliphatic carbocycles. The van der Waals surface area contributed by atoms with Gasteiger partial charge in [-0.1, -0.05) is 167 Å². The van der Waals surface area contributed by atoms with Gasteiger partial charge < -0.3 is 0 Å². The molecule has 8 aromatic rings. The molecule has 0 nitrogen and oxygen atoms in total. The molecule has 0 saturated carbocycles. The first-order valence-corrected chi connectivity index (χ1v) is 21.5. The van der Waals surface area contributed by atoms with Crippen molar-refractivity contribution in [2.24, 2.45) is 0 Å². The second-order valence-electron chi connectivity index (χ2n) is 17.1. The van der Waals surface area contributed by atoms with Gasteiger partial charge in [-0.25, -0.2) is 0 Å². The molecule has 0 fully saturated rings. The van der Waals surface area contributed by atoms with Crippen LogP contribution in [0.4, 0.5) is 0 Å². The Bertz CT molecular complexity index is 2480. The van der Waals surface area contributed by atoms with Gasteiger partial charge >= 0.3 is 99.2 Å². The quantitative estimate of drug-likeness (QED) is 0.152. The Hall–Kier alpha value is -5.36. The summed E-state index contributed by atoms with van der Waals surface area (Å²) < 4.78 is 1.42. The normalized spacial score (nSPS) is 13.8. The standard InChI is InChI=1S/C23H17.C21H25.C13H10.Zr/c1-4-10-18(11-5-1)21-16-22(19-12-6-2-7-13-19)23(17-21)20-14-8-3-9-15-20;1-20(2,3)16-7-9-18-14(12-16)11-15-13-17(21(4,5)6)8-10-19(15)18;1-3-7-12(8-4-1)11-13-9-5-2-6-10-13;/h1-16,21H;7-13H,1-6H3;1-10H;/q2*-1;;+2. The molecule has 0 spiro atoms. The second kappa shape index (κ2) is 18.1. The fourth-order valence-corrected chi connectivity index (χ4v) is 8.22. The number of benzene rings is 7. The Kier molecular flexibility index (Phi) is 12.7. The van der Waals surface area contributed by atoms with Crippen molar-refractivity contribution in [2.75, 3.05) is 0 Å². The number of hydrogen-bond donors (Lipinski definition) is 0. The van der Waals surface area contributed by atoms with Crippen LogP contribution in [0, 0.1) is 6.08 Å². The summed E-state index contributed by atoms with van der Waals surface area (Å²) in [6, 6.07) is 69.0. The Morgan fingerprint density at radius 3 is 1.31 bits per heavy atom. The van der Waals surface area contributed by atoms with E-state index in [4.69, 9.17) is 0 Å². The molecule has 0 bridgehead atoms. The van der Waals surface area contributed by atoms with Gasteiger partial charge in [-0.15, -0.1) is 69.1 Å². The Labute approximate surface area is 361 Å². The van der Waals surface area contributed by atoms with Crippen molar-refractivity contribution in [2.45, 2.75) is 58.3 Å². The Balaban J connectivity index is 0.000000136. The summed E-state index contributed by atoms with van der Waals surface area (Å²) in [6.45, 7) is 13.6. The van der Waals surface area contributed by atoms with Crippen LogP contribution in [-0.2, 0) is 35.1 Å². The summed E-state index contributed by atoms with van der Waals surface area (Å²) in [4.78, 5) is 0. The van der Waals surface area contributed by atoms with E-state index >= 15 is 0 Å². The van der Waals surface area contributed by atoms with Gasteiger partial charge in [0.15, 0.2) is 0 Å². The molecule has 1 atom stereocenters. The van der Waals surface area contributed by atoms with Crippen LogP contribution in [-0.4, -0.2) is 3.21 Å². The van der Waals surface area contributed by atoms with Gasteiger partial charge in [0.25, 0.3) is 0 Å². The van der Waals surface area contributed by atoms with E-state index in [9.17, 15) is 0 Å². The van der Waals surface area contributed by atoms with Gasteiger partial charge in [0, 0.05) is 0 Å². The summed E-state index contributed by atoms with van der Waals surface area (Å²) in [5.74, 6) is 0.210. The zero-order valence-electron chi connectivity index (χ0n) is 34.6. The van der Waals surface area contributed by atoms with Crippen LogP contribution >= 0.6 is 0 Å². The number of hydrogen-bond acceptors (Lipinski definition) is 0. The summed E-state index contributed by atoms with van der Waals surface area (Å²) in [7, 11) is 0. The van der Waals surface area contributed by atoms with E-state index in [1.54, 1.807) is 0 Å². The van der Waals surface area contributed by atoms with Crippen LogP contribution in [0.3, 0.4) is 0 Å². The van der Waals surface area contributed by atoms with E-state index in [0.717, 1.165) is 0 Å². The molecule has 0 aliphatic heterocycles. The van der Waals surface area contributed by atoms with Gasteiger partial charge in [0.05, 0.1) is 0 Å². The molecule has 8 aromatic carbocycles. The third-order valence-corrected chi connectivity index (χ3v) is 12.2. The van der Waals surface area contributed by atoms with Gasteiger partial charge in [-0.05, 0) is 16.7 Å². The maximum absolute atomic E-state index is 3.70.